The quantitative estimate of drug-likeness (QED) is 0.252. The fourth-order valence-electron chi connectivity index (χ4n) is 4.31. The molecule has 0 fully saturated rings. The van der Waals surface area contributed by atoms with Crippen molar-refractivity contribution in [2.24, 2.45) is 5.41 Å². The van der Waals surface area contributed by atoms with Crippen LogP contribution in [0.15, 0.2) is 91.0 Å². The van der Waals surface area contributed by atoms with Gasteiger partial charge >= 0.3 is 23.9 Å². The van der Waals surface area contributed by atoms with Crippen LogP contribution in [0.1, 0.15) is 29.5 Å². The summed E-state index contributed by atoms with van der Waals surface area (Å²) in [5.74, 6) is -5.73. The molecule has 0 saturated heterocycles. The SMILES string of the molecule is O=C(O)CC(O)(CC(=O)OC(=O)C(Cc1ccccc1)(Cc1ccccc1)Cc1ccccc1)C(=O)O. The molecule has 0 spiro atoms. The second kappa shape index (κ2) is 12.1. The minimum absolute atomic E-state index is 0.210. The number of aliphatic carboxylic acids is 2. The van der Waals surface area contributed by atoms with Crippen molar-refractivity contribution in [3.05, 3.63) is 108 Å². The highest BCUT2D eigenvalue weighted by Gasteiger charge is 2.45. The van der Waals surface area contributed by atoms with Crippen LogP contribution in [0.25, 0.3) is 0 Å². The van der Waals surface area contributed by atoms with Crippen LogP contribution in [0.3, 0.4) is 0 Å². The van der Waals surface area contributed by atoms with Crippen molar-refractivity contribution in [1.82, 2.24) is 0 Å². The molecule has 0 bridgehead atoms. The van der Waals surface area contributed by atoms with Crippen LogP contribution < -0.4 is 0 Å². The predicted molar refractivity (Wildman–Crippen MR) is 133 cm³/mol. The van der Waals surface area contributed by atoms with Gasteiger partial charge in [-0.15, -0.1) is 0 Å². The minimum atomic E-state index is -2.91. The van der Waals surface area contributed by atoms with Gasteiger partial charge in [0, 0.05) is 0 Å². The van der Waals surface area contributed by atoms with Gasteiger partial charge in [-0.25, -0.2) is 4.79 Å². The van der Waals surface area contributed by atoms with Gasteiger partial charge in [-0.1, -0.05) is 91.0 Å². The van der Waals surface area contributed by atoms with E-state index in [0.717, 1.165) is 16.7 Å². The van der Waals surface area contributed by atoms with Gasteiger partial charge in [-0.05, 0) is 36.0 Å². The number of hydrogen-bond donors (Lipinski definition) is 3. The first-order valence-electron chi connectivity index (χ1n) is 11.7. The molecule has 8 heteroatoms. The molecule has 3 rings (SSSR count). The molecular formula is C29H28O8. The Balaban J connectivity index is 1.99. The van der Waals surface area contributed by atoms with Gasteiger partial charge in [0.25, 0.3) is 0 Å². The molecule has 8 nitrogen and oxygen atoms in total. The lowest BCUT2D eigenvalue weighted by Gasteiger charge is -2.32. The molecule has 37 heavy (non-hydrogen) atoms. The predicted octanol–water partition coefficient (Wildman–Crippen LogP) is 3.45. The van der Waals surface area contributed by atoms with Gasteiger partial charge in [0.05, 0.1) is 18.3 Å². The van der Waals surface area contributed by atoms with Crippen molar-refractivity contribution in [2.45, 2.75) is 37.7 Å². The van der Waals surface area contributed by atoms with E-state index in [4.69, 9.17) is 9.84 Å². The van der Waals surface area contributed by atoms with E-state index in [1.54, 1.807) is 0 Å². The summed E-state index contributed by atoms with van der Waals surface area (Å²) in [6, 6.07) is 27.7. The number of carboxylic acids is 2. The highest BCUT2D eigenvalue weighted by Crippen LogP contribution is 2.34. The van der Waals surface area contributed by atoms with E-state index in [9.17, 15) is 29.4 Å². The van der Waals surface area contributed by atoms with Crippen molar-refractivity contribution >= 4 is 23.9 Å². The van der Waals surface area contributed by atoms with Gasteiger partial charge in [0.1, 0.15) is 0 Å². The lowest BCUT2D eigenvalue weighted by molar-refractivity contribution is -0.177. The van der Waals surface area contributed by atoms with E-state index in [1.165, 1.54) is 0 Å². The van der Waals surface area contributed by atoms with E-state index in [0.29, 0.717) is 0 Å². The molecule has 0 aliphatic heterocycles. The molecule has 3 aromatic rings. The number of rotatable bonds is 12. The van der Waals surface area contributed by atoms with Gasteiger partial charge < -0.3 is 20.1 Å². The maximum Gasteiger partial charge on any atom is 0.336 e. The number of ether oxygens (including phenoxy) is 1. The molecule has 1 atom stereocenters. The molecule has 0 radical (unpaired) electrons. The average molecular weight is 505 g/mol. The van der Waals surface area contributed by atoms with Crippen molar-refractivity contribution < 1.29 is 39.2 Å². The van der Waals surface area contributed by atoms with E-state index in [-0.39, 0.29) is 19.3 Å². The molecule has 0 saturated carbocycles. The second-order valence-corrected chi connectivity index (χ2v) is 9.11. The maximum atomic E-state index is 13.8. The third-order valence-corrected chi connectivity index (χ3v) is 6.07. The van der Waals surface area contributed by atoms with Crippen LogP contribution in [-0.2, 0) is 43.2 Å². The minimum Gasteiger partial charge on any atom is -0.481 e. The van der Waals surface area contributed by atoms with Gasteiger partial charge in [-0.2, -0.15) is 0 Å². The highest BCUT2D eigenvalue weighted by molar-refractivity contribution is 5.94. The summed E-state index contributed by atoms with van der Waals surface area (Å²) in [6.45, 7) is 0. The largest absolute Gasteiger partial charge is 0.481 e. The summed E-state index contributed by atoms with van der Waals surface area (Å²) in [4.78, 5) is 49.0. The zero-order valence-corrected chi connectivity index (χ0v) is 20.1. The normalized spacial score (nSPS) is 12.8. The highest BCUT2D eigenvalue weighted by atomic mass is 16.6. The second-order valence-electron chi connectivity index (χ2n) is 9.11. The number of carboxylic acid groups (broad SMARTS) is 2. The molecule has 0 amide bonds. The zero-order valence-electron chi connectivity index (χ0n) is 20.1. The topological polar surface area (TPSA) is 138 Å². The first-order valence-corrected chi connectivity index (χ1v) is 11.7. The van der Waals surface area contributed by atoms with E-state index >= 15 is 0 Å². The summed E-state index contributed by atoms with van der Waals surface area (Å²) < 4.78 is 5.17. The first-order chi connectivity index (χ1) is 17.6. The van der Waals surface area contributed by atoms with Crippen LogP contribution in [-0.4, -0.2) is 44.8 Å². The monoisotopic (exact) mass is 504 g/mol. The molecular weight excluding hydrogens is 476 g/mol. The molecule has 0 heterocycles. The molecule has 0 aromatic heterocycles. The fourth-order valence-corrected chi connectivity index (χ4v) is 4.31. The summed E-state index contributed by atoms with van der Waals surface area (Å²) >= 11 is 0. The maximum absolute atomic E-state index is 13.8. The van der Waals surface area contributed by atoms with Crippen LogP contribution >= 0.6 is 0 Å². The van der Waals surface area contributed by atoms with Crippen LogP contribution in [0.5, 0.6) is 0 Å². The summed E-state index contributed by atoms with van der Waals surface area (Å²) in [7, 11) is 0. The van der Waals surface area contributed by atoms with Gasteiger partial charge in [0.2, 0.25) is 0 Å². The molecule has 0 aliphatic carbocycles. The third kappa shape index (κ3) is 7.59. The number of hydrogen-bond acceptors (Lipinski definition) is 6. The fraction of sp³-hybridized carbons (Fsp3) is 0.241. The number of carbonyl (C=O) groups excluding carboxylic acids is 2. The van der Waals surface area contributed by atoms with E-state index in [1.807, 2.05) is 91.0 Å². The molecule has 3 N–H and O–H groups in total. The Hall–Kier alpha value is -4.30. The van der Waals surface area contributed by atoms with E-state index < -0.39 is 47.7 Å². The smallest absolute Gasteiger partial charge is 0.336 e. The standard InChI is InChI=1S/C29H28O8/c30-24(31)19-29(36,26(33)34)20-25(32)37-27(35)28(16-21-10-4-1-5-11-21,17-22-12-6-2-7-13-22)18-23-14-8-3-9-15-23/h1-15,36H,16-20H2,(H,30,31)(H,33,34). The lowest BCUT2D eigenvalue weighted by atomic mass is 9.72. The number of aliphatic hydroxyl groups is 1. The van der Waals surface area contributed by atoms with Crippen molar-refractivity contribution in [3.8, 4) is 0 Å². The Bertz CT molecular complexity index is 1120. The molecule has 192 valence electrons. The van der Waals surface area contributed by atoms with E-state index in [2.05, 4.69) is 0 Å². The number of benzene rings is 3. The summed E-state index contributed by atoms with van der Waals surface area (Å²) in [6.07, 6.45) is -1.79. The number of esters is 2. The van der Waals surface area contributed by atoms with Crippen molar-refractivity contribution in [2.75, 3.05) is 0 Å². The first kappa shape index (κ1) is 27.3. The zero-order chi connectivity index (χ0) is 26.9. The molecule has 0 aliphatic rings. The Kier molecular flexibility index (Phi) is 8.92. The summed E-state index contributed by atoms with van der Waals surface area (Å²) in [5.41, 5.74) is -1.71. The van der Waals surface area contributed by atoms with Crippen LogP contribution in [0.2, 0.25) is 0 Å². The Morgan fingerprint density at radius 3 is 1.32 bits per heavy atom. The Morgan fingerprint density at radius 1 is 0.622 bits per heavy atom. The van der Waals surface area contributed by atoms with Gasteiger partial charge in [0.15, 0.2) is 5.60 Å². The van der Waals surface area contributed by atoms with Crippen LogP contribution in [0.4, 0.5) is 0 Å². The summed E-state index contributed by atoms with van der Waals surface area (Å²) in [5, 5.41) is 28.5. The molecule has 3 aromatic carbocycles. The lowest BCUT2D eigenvalue weighted by Crippen LogP contribution is -2.45. The Labute approximate surface area is 214 Å². The Morgan fingerprint density at radius 2 is 1.00 bits per heavy atom. The van der Waals surface area contributed by atoms with Crippen molar-refractivity contribution in [3.63, 3.8) is 0 Å². The number of carbonyl (C=O) groups is 4. The average Bonchev–Trinajstić information content (AvgIpc) is 2.85. The third-order valence-electron chi connectivity index (χ3n) is 6.07. The van der Waals surface area contributed by atoms with Gasteiger partial charge in [-0.3, -0.25) is 14.4 Å². The van der Waals surface area contributed by atoms with Crippen molar-refractivity contribution in [1.29, 1.82) is 0 Å². The van der Waals surface area contributed by atoms with Crippen LogP contribution in [0, 0.1) is 5.41 Å². The molecule has 1 unspecified atom stereocenters.